The Hall–Kier alpha value is -0.0200. The molecule has 0 radical (unpaired) electrons. The molecule has 1 atom stereocenters. The van der Waals surface area contributed by atoms with E-state index >= 15 is 0 Å². The molecule has 0 aliphatic heterocycles. The highest BCUT2D eigenvalue weighted by Gasteiger charge is 2.02. The van der Waals surface area contributed by atoms with E-state index < -0.39 is 0 Å². The highest BCUT2D eigenvalue weighted by molar-refractivity contribution is 9.10. The molecule has 0 spiro atoms. The Morgan fingerprint density at radius 2 is 2.20 bits per heavy atom. The second kappa shape index (κ2) is 6.54. The van der Waals surface area contributed by atoms with Crippen molar-refractivity contribution in [3.8, 4) is 0 Å². The molecule has 1 aromatic rings. The fraction of sp³-hybridized carbons (Fsp3) is 0.500. The lowest BCUT2D eigenvalue weighted by Crippen LogP contribution is -1.96. The first-order valence-corrected chi connectivity index (χ1v) is 7.10. The first-order valence-electron chi connectivity index (χ1n) is 5.15. The van der Waals surface area contributed by atoms with Crippen LogP contribution < -0.4 is 0 Å². The van der Waals surface area contributed by atoms with Gasteiger partial charge in [0.25, 0.3) is 0 Å². The topological polar surface area (TPSA) is 0 Å². The molecular formula is C12H16BrFS. The van der Waals surface area contributed by atoms with Gasteiger partial charge >= 0.3 is 0 Å². The van der Waals surface area contributed by atoms with E-state index in [0.717, 1.165) is 11.7 Å². The first kappa shape index (κ1) is 13.0. The quantitative estimate of drug-likeness (QED) is 0.746. The van der Waals surface area contributed by atoms with Gasteiger partial charge in [-0.3, -0.25) is 0 Å². The van der Waals surface area contributed by atoms with Crippen LogP contribution in [0.5, 0.6) is 0 Å². The smallest absolute Gasteiger partial charge is 0.137 e. The predicted octanol–water partition coefficient (Wildman–Crippen LogP) is 4.87. The number of hydrogen-bond donors (Lipinski definition) is 0. The lowest BCUT2D eigenvalue weighted by molar-refractivity contribution is 0.620. The lowest BCUT2D eigenvalue weighted by Gasteiger charge is -2.07. The van der Waals surface area contributed by atoms with E-state index in [0.29, 0.717) is 4.47 Å². The minimum atomic E-state index is -0.189. The molecule has 0 heterocycles. The summed E-state index contributed by atoms with van der Waals surface area (Å²) in [7, 11) is 0. The van der Waals surface area contributed by atoms with E-state index in [9.17, 15) is 4.39 Å². The Morgan fingerprint density at radius 1 is 1.47 bits per heavy atom. The zero-order valence-electron chi connectivity index (χ0n) is 9.09. The van der Waals surface area contributed by atoms with Crippen molar-refractivity contribution in [3.63, 3.8) is 0 Å². The maximum Gasteiger partial charge on any atom is 0.137 e. The number of hydrogen-bond acceptors (Lipinski definition) is 1. The molecule has 84 valence electrons. The summed E-state index contributed by atoms with van der Waals surface area (Å²) in [4.78, 5) is 0. The first-order chi connectivity index (χ1) is 7.13. The largest absolute Gasteiger partial charge is 0.206 e. The van der Waals surface area contributed by atoms with Crippen molar-refractivity contribution in [2.75, 3.05) is 5.75 Å². The molecular weight excluding hydrogens is 275 g/mol. The molecule has 0 fully saturated rings. The third-order valence-corrected chi connectivity index (χ3v) is 4.30. The average molecular weight is 291 g/mol. The fourth-order valence-corrected chi connectivity index (χ4v) is 2.72. The Morgan fingerprint density at radius 3 is 2.80 bits per heavy atom. The third kappa shape index (κ3) is 4.56. The van der Waals surface area contributed by atoms with Gasteiger partial charge in [0.15, 0.2) is 0 Å². The molecule has 0 N–H and O–H groups in total. The number of benzene rings is 1. The van der Waals surface area contributed by atoms with Crippen LogP contribution in [-0.4, -0.2) is 5.75 Å². The van der Waals surface area contributed by atoms with Crippen LogP contribution >= 0.6 is 27.7 Å². The Bertz CT molecular complexity index is 314. The summed E-state index contributed by atoms with van der Waals surface area (Å²) >= 11 is 5.11. The van der Waals surface area contributed by atoms with Gasteiger partial charge in [0.1, 0.15) is 5.82 Å². The van der Waals surface area contributed by atoms with Gasteiger partial charge in [0.05, 0.1) is 4.47 Å². The summed E-state index contributed by atoms with van der Waals surface area (Å²) in [6.45, 7) is 4.47. The van der Waals surface area contributed by atoms with Gasteiger partial charge in [-0.1, -0.05) is 26.3 Å². The zero-order valence-corrected chi connectivity index (χ0v) is 11.5. The molecule has 1 aromatic carbocycles. The normalized spacial score (nSPS) is 12.8. The summed E-state index contributed by atoms with van der Waals surface area (Å²) in [5.74, 6) is 2.71. The monoisotopic (exact) mass is 290 g/mol. The number of thioether (sulfide) groups is 1. The zero-order chi connectivity index (χ0) is 11.3. The van der Waals surface area contributed by atoms with Gasteiger partial charge in [-0.2, -0.15) is 11.8 Å². The van der Waals surface area contributed by atoms with Gasteiger partial charge in [-0.25, -0.2) is 4.39 Å². The molecule has 0 bridgehead atoms. The maximum atomic E-state index is 13.0. The second-order valence-corrected chi connectivity index (χ2v) is 5.66. The maximum absolute atomic E-state index is 13.0. The predicted molar refractivity (Wildman–Crippen MR) is 69.7 cm³/mol. The molecule has 0 aliphatic rings. The summed E-state index contributed by atoms with van der Waals surface area (Å²) < 4.78 is 13.5. The standard InChI is InChI=1S/C12H16BrFS/c1-3-9(2)7-15-8-10-4-5-12(14)11(13)6-10/h4-6,9H,3,7-8H2,1-2H3. The van der Waals surface area contributed by atoms with Gasteiger partial charge in [-0.05, 0) is 45.3 Å². The molecule has 0 amide bonds. The van der Waals surface area contributed by atoms with Crippen molar-refractivity contribution >= 4 is 27.7 Å². The molecule has 1 rings (SSSR count). The van der Waals surface area contributed by atoms with Crippen molar-refractivity contribution in [1.82, 2.24) is 0 Å². The molecule has 3 heteroatoms. The van der Waals surface area contributed by atoms with Gasteiger partial charge < -0.3 is 0 Å². The van der Waals surface area contributed by atoms with Crippen molar-refractivity contribution in [2.45, 2.75) is 26.0 Å². The van der Waals surface area contributed by atoms with Crippen molar-refractivity contribution in [2.24, 2.45) is 5.92 Å². The van der Waals surface area contributed by atoms with Crippen LogP contribution in [0.4, 0.5) is 4.39 Å². The van der Waals surface area contributed by atoms with E-state index in [4.69, 9.17) is 0 Å². The van der Waals surface area contributed by atoms with E-state index in [1.807, 2.05) is 23.9 Å². The molecule has 0 saturated heterocycles. The van der Waals surface area contributed by atoms with Crippen LogP contribution in [0.2, 0.25) is 0 Å². The van der Waals surface area contributed by atoms with Gasteiger partial charge in [0.2, 0.25) is 0 Å². The number of rotatable bonds is 5. The average Bonchev–Trinajstić information content (AvgIpc) is 2.23. The van der Waals surface area contributed by atoms with Gasteiger partial charge in [-0.15, -0.1) is 0 Å². The van der Waals surface area contributed by atoms with E-state index in [2.05, 4.69) is 29.8 Å². The molecule has 1 unspecified atom stereocenters. The minimum absolute atomic E-state index is 0.189. The van der Waals surface area contributed by atoms with E-state index in [1.165, 1.54) is 23.8 Å². The van der Waals surface area contributed by atoms with Crippen LogP contribution in [0.1, 0.15) is 25.8 Å². The lowest BCUT2D eigenvalue weighted by atomic mass is 10.2. The molecule has 0 aromatic heterocycles. The summed E-state index contributed by atoms with van der Waals surface area (Å²) in [5.41, 5.74) is 1.18. The van der Waals surface area contributed by atoms with Gasteiger partial charge in [0, 0.05) is 5.75 Å². The van der Waals surface area contributed by atoms with Crippen LogP contribution in [0.15, 0.2) is 22.7 Å². The Balaban J connectivity index is 2.41. The van der Waals surface area contributed by atoms with Crippen LogP contribution in [0, 0.1) is 11.7 Å². The van der Waals surface area contributed by atoms with E-state index in [-0.39, 0.29) is 5.82 Å². The Kier molecular flexibility index (Phi) is 5.69. The van der Waals surface area contributed by atoms with Crippen LogP contribution in [-0.2, 0) is 5.75 Å². The van der Waals surface area contributed by atoms with Crippen molar-refractivity contribution < 1.29 is 4.39 Å². The highest BCUT2D eigenvalue weighted by atomic mass is 79.9. The summed E-state index contributed by atoms with van der Waals surface area (Å²) in [5, 5.41) is 0. The number of halogens is 2. The second-order valence-electron chi connectivity index (χ2n) is 3.78. The van der Waals surface area contributed by atoms with Crippen molar-refractivity contribution in [3.05, 3.63) is 34.1 Å². The molecule has 15 heavy (non-hydrogen) atoms. The molecule has 0 nitrogen and oxygen atoms in total. The Labute approximate surface area is 104 Å². The SMILES string of the molecule is CCC(C)CSCc1ccc(F)c(Br)c1. The van der Waals surface area contributed by atoms with Crippen LogP contribution in [0.25, 0.3) is 0 Å². The van der Waals surface area contributed by atoms with E-state index in [1.54, 1.807) is 0 Å². The summed E-state index contributed by atoms with van der Waals surface area (Å²) in [6.07, 6.45) is 1.22. The summed E-state index contributed by atoms with van der Waals surface area (Å²) in [6, 6.07) is 5.23. The highest BCUT2D eigenvalue weighted by Crippen LogP contribution is 2.21. The third-order valence-electron chi connectivity index (χ3n) is 2.35. The molecule has 0 aliphatic carbocycles. The molecule has 0 saturated carbocycles. The minimum Gasteiger partial charge on any atom is -0.206 e. The van der Waals surface area contributed by atoms with Crippen LogP contribution in [0.3, 0.4) is 0 Å². The van der Waals surface area contributed by atoms with Crippen molar-refractivity contribution in [1.29, 1.82) is 0 Å². The fourth-order valence-electron chi connectivity index (χ4n) is 1.13.